The molecule has 2 amide bonds. The molecule has 292 valence electrons. The molecule has 0 unspecified atom stereocenters. The lowest BCUT2D eigenvalue weighted by Gasteiger charge is -2.46. The molecule has 2 fully saturated rings. The molecule has 4 aromatic rings. The molecule has 1 saturated carbocycles. The second-order valence-corrected chi connectivity index (χ2v) is 22.5. The van der Waals surface area contributed by atoms with Gasteiger partial charge in [-0.1, -0.05) is 40.7 Å². The number of carbonyl (C=O) groups is 3. The highest BCUT2D eigenvalue weighted by Gasteiger charge is 2.68. The van der Waals surface area contributed by atoms with Crippen LogP contribution >= 0.6 is 0 Å². The average molecular weight is 770 g/mol. The van der Waals surface area contributed by atoms with Crippen LogP contribution in [0.2, 0.25) is 18.1 Å². The van der Waals surface area contributed by atoms with Crippen LogP contribution in [0.3, 0.4) is 0 Å². The first kappa shape index (κ1) is 38.3. The van der Waals surface area contributed by atoms with Gasteiger partial charge >= 0.3 is 12.2 Å². The number of aromatic nitrogens is 4. The Balaban J connectivity index is 1.23. The van der Waals surface area contributed by atoms with E-state index in [-0.39, 0.29) is 23.0 Å². The van der Waals surface area contributed by atoms with Gasteiger partial charge < -0.3 is 29.2 Å². The first-order chi connectivity index (χ1) is 25.6. The highest BCUT2D eigenvalue weighted by atomic mass is 28.4. The summed E-state index contributed by atoms with van der Waals surface area (Å²) in [7, 11) is -0.394. The third-order valence-corrected chi connectivity index (χ3v) is 15.8. The van der Waals surface area contributed by atoms with Crippen molar-refractivity contribution in [2.45, 2.75) is 109 Å². The van der Waals surface area contributed by atoms with E-state index >= 15 is 0 Å². The van der Waals surface area contributed by atoms with Crippen LogP contribution < -0.4 is 19.9 Å². The second-order valence-electron chi connectivity index (χ2n) is 17.7. The zero-order valence-electron chi connectivity index (χ0n) is 33.5. The summed E-state index contributed by atoms with van der Waals surface area (Å²) in [6, 6.07) is 12.5. The van der Waals surface area contributed by atoms with E-state index in [0.29, 0.717) is 51.8 Å². The predicted molar refractivity (Wildman–Crippen MR) is 213 cm³/mol. The van der Waals surface area contributed by atoms with Crippen LogP contribution in [-0.4, -0.2) is 83.2 Å². The Hall–Kier alpha value is -5.02. The molecule has 4 heterocycles. The Morgan fingerprint density at radius 3 is 2.35 bits per heavy atom. The van der Waals surface area contributed by atoms with Crippen LogP contribution in [0.25, 0.3) is 10.9 Å². The molecular weight excluding hydrogens is 719 g/mol. The number of hydrogen-bond acceptors (Lipinski definition) is 11. The van der Waals surface area contributed by atoms with Gasteiger partial charge in [-0.2, -0.15) is 4.68 Å². The number of fused-ring (bicyclic) bond motifs is 3. The van der Waals surface area contributed by atoms with Crippen LogP contribution in [0.5, 0.6) is 5.75 Å². The molecule has 2 aliphatic heterocycles. The molecule has 55 heavy (non-hydrogen) atoms. The summed E-state index contributed by atoms with van der Waals surface area (Å²) < 4.78 is 19.1. The quantitative estimate of drug-likeness (QED) is 0.166. The number of rotatable bonds is 8. The van der Waals surface area contributed by atoms with Gasteiger partial charge in [0.1, 0.15) is 28.8 Å². The molecule has 7 rings (SSSR count). The highest BCUT2D eigenvalue weighted by molar-refractivity contribution is 6.74. The molecule has 3 aliphatic rings. The fraction of sp³-hybridized carbons (Fsp3) is 0.500. The minimum absolute atomic E-state index is 0.0472. The molecular formula is C40H51N7O7Si. The fourth-order valence-electron chi connectivity index (χ4n) is 7.24. The normalized spacial score (nSPS) is 19.9. The largest absolute Gasteiger partial charge is 0.497 e. The van der Waals surface area contributed by atoms with Gasteiger partial charge in [-0.05, 0) is 86.8 Å². The minimum atomic E-state index is -1.92. The summed E-state index contributed by atoms with van der Waals surface area (Å²) in [5.74, 6) is 2.09. The molecule has 14 nitrogen and oxygen atoms in total. The Morgan fingerprint density at radius 2 is 1.73 bits per heavy atom. The van der Waals surface area contributed by atoms with Crippen molar-refractivity contribution in [1.82, 2.24) is 19.7 Å². The lowest BCUT2D eigenvalue weighted by molar-refractivity contribution is -0.119. The number of hydrogen-bond donors (Lipinski definition) is 2. The summed E-state index contributed by atoms with van der Waals surface area (Å²) >= 11 is 0. The van der Waals surface area contributed by atoms with E-state index < -0.39 is 37.4 Å². The molecule has 2 N–H and O–H groups in total. The van der Waals surface area contributed by atoms with Crippen LogP contribution in [0.15, 0.2) is 42.5 Å². The summed E-state index contributed by atoms with van der Waals surface area (Å²) in [6.45, 7) is 22.2. The Kier molecular flexibility index (Phi) is 9.07. The van der Waals surface area contributed by atoms with Gasteiger partial charge in [-0.25, -0.2) is 24.5 Å². The van der Waals surface area contributed by atoms with Gasteiger partial charge in [0.2, 0.25) is 5.91 Å². The number of methoxy groups -OCH3 is 1. The van der Waals surface area contributed by atoms with E-state index in [1.54, 1.807) is 39.0 Å². The average Bonchev–Trinajstić information content (AvgIpc) is 3.66. The van der Waals surface area contributed by atoms with E-state index in [2.05, 4.69) is 44.1 Å². The molecule has 15 heteroatoms. The van der Waals surface area contributed by atoms with Crippen molar-refractivity contribution in [1.29, 1.82) is 0 Å². The first-order valence-corrected chi connectivity index (χ1v) is 21.6. The number of amides is 2. The van der Waals surface area contributed by atoms with Gasteiger partial charge in [0.15, 0.2) is 14.1 Å². The van der Waals surface area contributed by atoms with Crippen LogP contribution in [0.1, 0.15) is 90.6 Å². The van der Waals surface area contributed by atoms with E-state index in [1.165, 1.54) is 11.8 Å². The summed E-state index contributed by atoms with van der Waals surface area (Å²) in [5, 5.41) is 18.9. The van der Waals surface area contributed by atoms with Crippen molar-refractivity contribution in [2.75, 3.05) is 35.3 Å². The maximum atomic E-state index is 13.9. The minimum Gasteiger partial charge on any atom is -0.497 e. The summed E-state index contributed by atoms with van der Waals surface area (Å²) in [4.78, 5) is 52.5. The smallest absolute Gasteiger partial charge is 0.435 e. The van der Waals surface area contributed by atoms with Crippen molar-refractivity contribution < 1.29 is 33.4 Å². The number of nitrogens with zero attached hydrogens (tertiary/aromatic N) is 6. The maximum absolute atomic E-state index is 13.9. The topological polar surface area (TPSA) is 161 Å². The number of benzene rings is 2. The number of carboxylic acid groups (broad SMARTS) is 1. The first-order valence-electron chi connectivity index (χ1n) is 18.7. The standard InChI is InChI=1S/C40H51N7O7Si/c1-22(2)33-41-31(18-32(43-33)45-20-25(21-45)54-55(10,11)39(6,7)8)42-34-26-14-12-23(16-30(26)47(44-34)37(51)53-38(3,4)5)28-19-40(28)27-17-24(52-9)13-15-29(27)46(35(40)48)36(49)50/h12-18,22,25,28H,19-21H2,1-11H3,(H,49,50)(H,41,42,43,44)/t28-,40-/m0/s1. The van der Waals surface area contributed by atoms with Crippen LogP contribution in [-0.2, 0) is 19.4 Å². The zero-order valence-corrected chi connectivity index (χ0v) is 34.5. The SMILES string of the molecule is COc1ccc2c(c1)[C@]1(C[C@H]1c1ccc3c(Nc4cc(N5CC(O[Si](C)(C)C(C)(C)C)C5)nc(C(C)C)n4)nn(C(=O)OC(C)(C)C)c3c1)C(=O)N2C(=O)O. The number of ether oxygens (including phenoxy) is 2. The number of carbonyl (C=O) groups excluding carboxylic acids is 2. The van der Waals surface area contributed by atoms with E-state index in [9.17, 15) is 19.5 Å². The molecule has 0 bridgehead atoms. The molecule has 2 aromatic carbocycles. The lowest BCUT2D eigenvalue weighted by atomic mass is 9.91. The Labute approximate surface area is 322 Å². The molecule has 2 atom stereocenters. The van der Waals surface area contributed by atoms with Gasteiger partial charge in [0.25, 0.3) is 0 Å². The Morgan fingerprint density at radius 1 is 1.02 bits per heavy atom. The second kappa shape index (κ2) is 13.0. The van der Waals surface area contributed by atoms with E-state index in [1.807, 2.05) is 38.1 Å². The van der Waals surface area contributed by atoms with Crippen molar-refractivity contribution in [3.8, 4) is 5.75 Å². The maximum Gasteiger partial charge on any atom is 0.435 e. The van der Waals surface area contributed by atoms with Crippen LogP contribution in [0.4, 0.5) is 32.7 Å². The van der Waals surface area contributed by atoms with Gasteiger partial charge in [-0.3, -0.25) is 4.79 Å². The number of imide groups is 1. The van der Waals surface area contributed by atoms with Crippen molar-refractivity contribution in [3.05, 3.63) is 59.4 Å². The lowest BCUT2D eigenvalue weighted by Crippen LogP contribution is -2.58. The van der Waals surface area contributed by atoms with Crippen LogP contribution in [0, 0.1) is 0 Å². The number of anilines is 4. The fourth-order valence-corrected chi connectivity index (χ4v) is 8.58. The highest BCUT2D eigenvalue weighted by Crippen LogP contribution is 2.67. The van der Waals surface area contributed by atoms with Gasteiger partial charge in [0, 0.05) is 36.4 Å². The van der Waals surface area contributed by atoms with E-state index in [0.717, 1.165) is 29.4 Å². The third-order valence-electron chi connectivity index (χ3n) is 11.3. The molecule has 1 saturated heterocycles. The van der Waals surface area contributed by atoms with Gasteiger partial charge in [0.05, 0.1) is 29.8 Å². The summed E-state index contributed by atoms with van der Waals surface area (Å²) in [5.41, 5.74) is 0.287. The molecule has 2 aromatic heterocycles. The zero-order chi connectivity index (χ0) is 40.0. The number of nitrogens with one attached hydrogen (secondary N) is 1. The van der Waals surface area contributed by atoms with E-state index in [4.69, 9.17) is 29.0 Å². The van der Waals surface area contributed by atoms with Crippen molar-refractivity contribution in [3.63, 3.8) is 0 Å². The molecule has 1 spiro atoms. The monoisotopic (exact) mass is 769 g/mol. The predicted octanol–water partition coefficient (Wildman–Crippen LogP) is 8.15. The third kappa shape index (κ3) is 6.70. The van der Waals surface area contributed by atoms with Gasteiger partial charge in [-0.15, -0.1) is 5.10 Å². The van der Waals surface area contributed by atoms with Crippen molar-refractivity contribution in [2.24, 2.45) is 0 Å². The summed E-state index contributed by atoms with van der Waals surface area (Å²) in [6.07, 6.45) is -1.48. The van der Waals surface area contributed by atoms with Crippen molar-refractivity contribution >= 4 is 60.5 Å². The molecule has 0 radical (unpaired) electrons. The Bertz CT molecular complexity index is 2220. The molecule has 1 aliphatic carbocycles.